The van der Waals surface area contributed by atoms with Gasteiger partial charge in [0, 0.05) is 23.3 Å². The van der Waals surface area contributed by atoms with Gasteiger partial charge in [-0.1, -0.05) is 0 Å². The summed E-state index contributed by atoms with van der Waals surface area (Å²) in [5.41, 5.74) is 0.529. The highest BCUT2D eigenvalue weighted by Gasteiger charge is 2.19. The Balaban J connectivity index is 1.86. The molecule has 0 radical (unpaired) electrons. The predicted octanol–water partition coefficient (Wildman–Crippen LogP) is 2.85. The van der Waals surface area contributed by atoms with Crippen molar-refractivity contribution in [2.45, 2.75) is 0 Å². The summed E-state index contributed by atoms with van der Waals surface area (Å²) in [5.74, 6) is 1.67. The van der Waals surface area contributed by atoms with Crippen molar-refractivity contribution < 1.29 is 14.3 Å². The first kappa shape index (κ1) is 12.9. The lowest BCUT2D eigenvalue weighted by Gasteiger charge is -2.16. The van der Waals surface area contributed by atoms with Crippen LogP contribution >= 0.6 is 15.9 Å². The lowest BCUT2D eigenvalue weighted by atomic mass is 10.2. The summed E-state index contributed by atoms with van der Waals surface area (Å²) in [4.78, 5) is 18.1. The van der Waals surface area contributed by atoms with Crippen LogP contribution in [-0.4, -0.2) is 24.7 Å². The van der Waals surface area contributed by atoms with Gasteiger partial charge in [0.25, 0.3) is 5.91 Å². The molecule has 2 heterocycles. The van der Waals surface area contributed by atoms with Crippen LogP contribution in [0.1, 0.15) is 10.4 Å². The van der Waals surface area contributed by atoms with Crippen molar-refractivity contribution in [3.05, 3.63) is 46.6 Å². The number of nitrogens with zero attached hydrogens (tertiary/aromatic N) is 2. The number of amides is 1. The second kappa shape index (κ2) is 5.13. The number of hydrogen-bond acceptors (Lipinski definition) is 4. The van der Waals surface area contributed by atoms with Gasteiger partial charge in [-0.15, -0.1) is 0 Å². The van der Waals surface area contributed by atoms with E-state index in [1.807, 2.05) is 6.07 Å². The van der Waals surface area contributed by atoms with Crippen molar-refractivity contribution in [1.82, 2.24) is 4.98 Å². The minimum absolute atomic E-state index is 0.155. The average molecular weight is 335 g/mol. The number of rotatable bonds is 2. The van der Waals surface area contributed by atoms with Crippen molar-refractivity contribution in [1.29, 1.82) is 0 Å². The zero-order chi connectivity index (χ0) is 14.1. The summed E-state index contributed by atoms with van der Waals surface area (Å²) in [6, 6.07) is 8.74. The fourth-order valence-electron chi connectivity index (χ4n) is 1.89. The molecule has 102 valence electrons. The van der Waals surface area contributed by atoms with Gasteiger partial charge in [0.05, 0.1) is 0 Å². The molecule has 0 fully saturated rings. The maximum absolute atomic E-state index is 12.4. The molecular formula is C14H11BrN2O3. The molecule has 0 bridgehead atoms. The van der Waals surface area contributed by atoms with Crippen molar-refractivity contribution in [3.8, 4) is 11.5 Å². The Hall–Kier alpha value is -2.08. The van der Waals surface area contributed by atoms with Crippen LogP contribution in [0.4, 0.5) is 5.82 Å². The van der Waals surface area contributed by atoms with Crippen molar-refractivity contribution in [2.24, 2.45) is 0 Å². The predicted molar refractivity (Wildman–Crippen MR) is 77.2 cm³/mol. The van der Waals surface area contributed by atoms with E-state index in [9.17, 15) is 4.79 Å². The van der Waals surface area contributed by atoms with Crippen molar-refractivity contribution in [3.63, 3.8) is 0 Å². The fraction of sp³-hybridized carbons (Fsp3) is 0.143. The zero-order valence-electron chi connectivity index (χ0n) is 10.7. The van der Waals surface area contributed by atoms with Gasteiger partial charge in [0.2, 0.25) is 6.79 Å². The monoisotopic (exact) mass is 334 g/mol. The highest BCUT2D eigenvalue weighted by Crippen LogP contribution is 2.33. The number of halogens is 1. The number of carbonyl (C=O) groups excluding carboxylic acids is 1. The third kappa shape index (κ3) is 2.34. The Morgan fingerprint density at radius 2 is 2.05 bits per heavy atom. The van der Waals surface area contributed by atoms with E-state index in [2.05, 4.69) is 20.9 Å². The molecule has 2 aromatic rings. The van der Waals surface area contributed by atoms with E-state index in [1.54, 1.807) is 37.5 Å². The number of anilines is 1. The third-order valence-corrected chi connectivity index (χ3v) is 3.45. The summed E-state index contributed by atoms with van der Waals surface area (Å²) < 4.78 is 11.4. The molecule has 1 aromatic carbocycles. The summed E-state index contributed by atoms with van der Waals surface area (Å²) in [6.07, 6.45) is 1.65. The number of carbonyl (C=O) groups is 1. The molecule has 20 heavy (non-hydrogen) atoms. The molecular weight excluding hydrogens is 324 g/mol. The SMILES string of the molecule is CN(C(=O)c1ccc2c(c1)OCO2)c1ccc(Br)cn1. The van der Waals surface area contributed by atoms with Crippen LogP contribution in [0, 0.1) is 0 Å². The fourth-order valence-corrected chi connectivity index (χ4v) is 2.13. The average Bonchev–Trinajstić information content (AvgIpc) is 2.94. The Kier molecular flexibility index (Phi) is 3.31. The first-order chi connectivity index (χ1) is 9.65. The minimum Gasteiger partial charge on any atom is -0.454 e. The largest absolute Gasteiger partial charge is 0.454 e. The molecule has 5 nitrogen and oxygen atoms in total. The highest BCUT2D eigenvalue weighted by atomic mass is 79.9. The normalized spacial score (nSPS) is 12.3. The molecule has 6 heteroatoms. The molecule has 1 amide bonds. The van der Waals surface area contributed by atoms with E-state index in [4.69, 9.17) is 9.47 Å². The van der Waals surface area contributed by atoms with Crippen LogP contribution < -0.4 is 14.4 Å². The molecule has 0 aliphatic carbocycles. The quantitative estimate of drug-likeness (QED) is 0.847. The maximum atomic E-state index is 12.4. The van der Waals surface area contributed by atoms with Gasteiger partial charge in [0.15, 0.2) is 11.5 Å². The van der Waals surface area contributed by atoms with Gasteiger partial charge in [-0.25, -0.2) is 4.98 Å². The molecule has 0 saturated carbocycles. The molecule has 0 N–H and O–H groups in total. The van der Waals surface area contributed by atoms with Crippen LogP contribution in [0.2, 0.25) is 0 Å². The van der Waals surface area contributed by atoms with Gasteiger partial charge in [0.1, 0.15) is 5.82 Å². The first-order valence-corrected chi connectivity index (χ1v) is 6.74. The number of pyridine rings is 1. The van der Waals surface area contributed by atoms with Crippen LogP contribution in [0.15, 0.2) is 41.0 Å². The topological polar surface area (TPSA) is 51.7 Å². The summed E-state index contributed by atoms with van der Waals surface area (Å²) in [5, 5.41) is 0. The summed E-state index contributed by atoms with van der Waals surface area (Å²) in [6.45, 7) is 0.192. The number of ether oxygens (including phenoxy) is 2. The second-order valence-corrected chi connectivity index (χ2v) is 5.18. The smallest absolute Gasteiger partial charge is 0.259 e. The molecule has 0 unspecified atom stereocenters. The highest BCUT2D eigenvalue weighted by molar-refractivity contribution is 9.10. The van der Waals surface area contributed by atoms with Gasteiger partial charge in [-0.05, 0) is 46.3 Å². The van der Waals surface area contributed by atoms with Crippen LogP contribution in [0.25, 0.3) is 0 Å². The Morgan fingerprint density at radius 3 is 2.80 bits per heavy atom. The van der Waals surface area contributed by atoms with Gasteiger partial charge >= 0.3 is 0 Å². The minimum atomic E-state index is -0.155. The zero-order valence-corrected chi connectivity index (χ0v) is 12.3. The van der Waals surface area contributed by atoms with Gasteiger partial charge < -0.3 is 9.47 Å². The van der Waals surface area contributed by atoms with E-state index < -0.39 is 0 Å². The Labute approximate surface area is 124 Å². The van der Waals surface area contributed by atoms with Crippen LogP contribution in [0.5, 0.6) is 11.5 Å². The van der Waals surface area contributed by atoms with Crippen molar-refractivity contribution >= 4 is 27.7 Å². The van der Waals surface area contributed by atoms with E-state index in [0.717, 1.165) is 4.47 Å². The number of hydrogen-bond donors (Lipinski definition) is 0. The Morgan fingerprint density at radius 1 is 1.25 bits per heavy atom. The van der Waals surface area contributed by atoms with Gasteiger partial charge in [-0.2, -0.15) is 0 Å². The molecule has 1 aliphatic rings. The molecule has 0 atom stereocenters. The molecule has 3 rings (SSSR count). The molecule has 1 aromatic heterocycles. The Bertz CT molecular complexity index is 658. The van der Waals surface area contributed by atoms with Gasteiger partial charge in [-0.3, -0.25) is 9.69 Å². The summed E-state index contributed by atoms with van der Waals surface area (Å²) >= 11 is 3.31. The standard InChI is InChI=1S/C14H11BrN2O3/c1-17(13-5-3-10(15)7-16-13)14(18)9-2-4-11-12(6-9)20-8-19-11/h2-7H,8H2,1H3. The first-order valence-electron chi connectivity index (χ1n) is 5.94. The second-order valence-electron chi connectivity index (χ2n) is 4.27. The number of aromatic nitrogens is 1. The van der Waals surface area contributed by atoms with Crippen molar-refractivity contribution in [2.75, 3.05) is 18.7 Å². The number of fused-ring (bicyclic) bond motifs is 1. The van der Waals surface area contributed by atoms with E-state index in [0.29, 0.717) is 22.9 Å². The lowest BCUT2D eigenvalue weighted by molar-refractivity contribution is 0.0992. The van der Waals surface area contributed by atoms with Crippen LogP contribution in [-0.2, 0) is 0 Å². The van der Waals surface area contributed by atoms with Crippen LogP contribution in [0.3, 0.4) is 0 Å². The van der Waals surface area contributed by atoms with E-state index >= 15 is 0 Å². The molecule has 0 saturated heterocycles. The summed E-state index contributed by atoms with van der Waals surface area (Å²) in [7, 11) is 1.68. The lowest BCUT2D eigenvalue weighted by Crippen LogP contribution is -2.26. The molecule has 0 spiro atoms. The van der Waals surface area contributed by atoms with E-state index in [-0.39, 0.29) is 12.7 Å². The maximum Gasteiger partial charge on any atom is 0.259 e. The molecule has 1 aliphatic heterocycles. The van der Waals surface area contributed by atoms with E-state index in [1.165, 1.54) is 4.90 Å². The number of benzene rings is 1. The third-order valence-electron chi connectivity index (χ3n) is 2.98.